The number of thiazole rings is 1. The molecule has 0 aliphatic rings. The number of nitrogens with zero attached hydrogens (tertiary/aromatic N) is 1. The first-order chi connectivity index (χ1) is 7.79. The smallest absolute Gasteiger partial charge is 0.183 e. The van der Waals surface area contributed by atoms with E-state index in [9.17, 15) is 0 Å². The van der Waals surface area contributed by atoms with Crippen LogP contribution in [0.5, 0.6) is 0 Å². The van der Waals surface area contributed by atoms with E-state index >= 15 is 0 Å². The van der Waals surface area contributed by atoms with Crippen molar-refractivity contribution in [3.05, 3.63) is 35.2 Å². The SMILES string of the molecule is CCCNc1nc(-c2ccc(C)cc2)cs1. The van der Waals surface area contributed by atoms with E-state index in [4.69, 9.17) is 0 Å². The molecule has 1 aromatic heterocycles. The number of nitrogens with one attached hydrogen (secondary N) is 1. The van der Waals surface area contributed by atoms with Crippen LogP contribution in [0, 0.1) is 6.92 Å². The van der Waals surface area contributed by atoms with Crippen LogP contribution < -0.4 is 5.32 Å². The number of rotatable bonds is 4. The van der Waals surface area contributed by atoms with Crippen LogP contribution in [0.4, 0.5) is 5.13 Å². The van der Waals surface area contributed by atoms with E-state index in [2.05, 4.69) is 53.8 Å². The number of benzene rings is 1. The third-order valence-corrected chi connectivity index (χ3v) is 3.18. The van der Waals surface area contributed by atoms with Crippen LogP contribution >= 0.6 is 11.3 Å². The zero-order valence-corrected chi connectivity index (χ0v) is 10.5. The van der Waals surface area contributed by atoms with E-state index in [1.807, 2.05) is 0 Å². The van der Waals surface area contributed by atoms with Crippen LogP contribution in [0.1, 0.15) is 18.9 Å². The molecule has 0 radical (unpaired) electrons. The first-order valence-corrected chi connectivity index (χ1v) is 6.44. The summed E-state index contributed by atoms with van der Waals surface area (Å²) >= 11 is 1.67. The standard InChI is InChI=1S/C13H16N2S/c1-3-8-14-13-15-12(9-16-13)11-6-4-10(2)5-7-11/h4-7,9H,3,8H2,1-2H3,(H,14,15). The number of aryl methyl sites for hydroxylation is 1. The second kappa shape index (κ2) is 5.12. The molecule has 1 aromatic carbocycles. The van der Waals surface area contributed by atoms with Gasteiger partial charge in [-0.1, -0.05) is 36.8 Å². The summed E-state index contributed by atoms with van der Waals surface area (Å²) in [6, 6.07) is 8.48. The Hall–Kier alpha value is -1.35. The van der Waals surface area contributed by atoms with Gasteiger partial charge in [0.25, 0.3) is 0 Å². The Labute approximate surface area is 100 Å². The van der Waals surface area contributed by atoms with E-state index in [0.29, 0.717) is 0 Å². The normalized spacial score (nSPS) is 10.4. The number of aromatic nitrogens is 1. The van der Waals surface area contributed by atoms with Crippen LogP contribution in [0.3, 0.4) is 0 Å². The van der Waals surface area contributed by atoms with Crippen molar-refractivity contribution in [1.29, 1.82) is 0 Å². The van der Waals surface area contributed by atoms with Gasteiger partial charge in [0.15, 0.2) is 5.13 Å². The van der Waals surface area contributed by atoms with Crippen LogP contribution in [0.2, 0.25) is 0 Å². The first-order valence-electron chi connectivity index (χ1n) is 5.56. The summed E-state index contributed by atoms with van der Waals surface area (Å²) in [6.07, 6.45) is 1.12. The fraction of sp³-hybridized carbons (Fsp3) is 0.308. The number of hydrogen-bond acceptors (Lipinski definition) is 3. The largest absolute Gasteiger partial charge is 0.362 e. The Balaban J connectivity index is 2.15. The predicted octanol–water partition coefficient (Wildman–Crippen LogP) is 3.94. The molecule has 0 spiro atoms. The third-order valence-electron chi connectivity index (χ3n) is 2.38. The van der Waals surface area contributed by atoms with Gasteiger partial charge in [0.05, 0.1) is 5.69 Å². The molecule has 2 aromatic rings. The minimum Gasteiger partial charge on any atom is -0.362 e. The summed E-state index contributed by atoms with van der Waals surface area (Å²) in [5.41, 5.74) is 3.53. The van der Waals surface area contributed by atoms with Crippen molar-refractivity contribution >= 4 is 16.5 Å². The summed E-state index contributed by atoms with van der Waals surface area (Å²) in [6.45, 7) is 5.24. The van der Waals surface area contributed by atoms with Gasteiger partial charge >= 0.3 is 0 Å². The van der Waals surface area contributed by atoms with Crippen molar-refractivity contribution in [3.8, 4) is 11.3 Å². The Morgan fingerprint density at radius 1 is 1.25 bits per heavy atom. The first kappa shape index (κ1) is 11.1. The summed E-state index contributed by atoms with van der Waals surface area (Å²) in [4.78, 5) is 4.56. The van der Waals surface area contributed by atoms with Gasteiger partial charge in [-0.25, -0.2) is 4.98 Å². The number of hydrogen-bond donors (Lipinski definition) is 1. The van der Waals surface area contributed by atoms with Crippen molar-refractivity contribution in [2.45, 2.75) is 20.3 Å². The monoisotopic (exact) mass is 232 g/mol. The molecule has 0 aliphatic carbocycles. The maximum Gasteiger partial charge on any atom is 0.183 e. The zero-order valence-electron chi connectivity index (χ0n) is 9.66. The highest BCUT2D eigenvalue weighted by Gasteiger charge is 2.03. The summed E-state index contributed by atoms with van der Waals surface area (Å²) in [5.74, 6) is 0. The topological polar surface area (TPSA) is 24.9 Å². The van der Waals surface area contributed by atoms with Gasteiger partial charge in [0.1, 0.15) is 0 Å². The number of anilines is 1. The van der Waals surface area contributed by atoms with Gasteiger partial charge in [-0.2, -0.15) is 0 Å². The Kier molecular flexibility index (Phi) is 3.57. The molecule has 0 fully saturated rings. The fourth-order valence-corrected chi connectivity index (χ4v) is 2.19. The van der Waals surface area contributed by atoms with E-state index in [1.54, 1.807) is 11.3 Å². The molecule has 16 heavy (non-hydrogen) atoms. The summed E-state index contributed by atoms with van der Waals surface area (Å²) in [7, 11) is 0. The van der Waals surface area contributed by atoms with Crippen LogP contribution in [-0.2, 0) is 0 Å². The van der Waals surface area contributed by atoms with Crippen molar-refractivity contribution < 1.29 is 0 Å². The van der Waals surface area contributed by atoms with Crippen LogP contribution in [0.25, 0.3) is 11.3 Å². The predicted molar refractivity (Wildman–Crippen MR) is 71.1 cm³/mol. The molecule has 2 rings (SSSR count). The molecule has 0 saturated carbocycles. The lowest BCUT2D eigenvalue weighted by Crippen LogP contribution is -1.98. The lowest BCUT2D eigenvalue weighted by molar-refractivity contribution is 0.976. The lowest BCUT2D eigenvalue weighted by atomic mass is 10.1. The van der Waals surface area contributed by atoms with E-state index in [0.717, 1.165) is 23.8 Å². The summed E-state index contributed by atoms with van der Waals surface area (Å²) in [5, 5.41) is 6.41. The van der Waals surface area contributed by atoms with E-state index < -0.39 is 0 Å². The molecule has 0 bridgehead atoms. The van der Waals surface area contributed by atoms with Gasteiger partial charge in [-0.05, 0) is 13.3 Å². The zero-order chi connectivity index (χ0) is 11.4. The second-order valence-corrected chi connectivity index (χ2v) is 4.69. The molecule has 84 valence electrons. The molecule has 1 N–H and O–H groups in total. The highest BCUT2D eigenvalue weighted by molar-refractivity contribution is 7.14. The molecule has 0 amide bonds. The molecule has 0 atom stereocenters. The molecule has 0 saturated heterocycles. The lowest BCUT2D eigenvalue weighted by Gasteiger charge is -1.98. The maximum atomic E-state index is 4.56. The molecular weight excluding hydrogens is 216 g/mol. The highest BCUT2D eigenvalue weighted by atomic mass is 32.1. The Bertz CT molecular complexity index is 445. The average molecular weight is 232 g/mol. The van der Waals surface area contributed by atoms with Gasteiger partial charge in [0.2, 0.25) is 0 Å². The molecular formula is C13H16N2S. The van der Waals surface area contributed by atoms with Crippen molar-refractivity contribution in [3.63, 3.8) is 0 Å². The van der Waals surface area contributed by atoms with Crippen LogP contribution in [0.15, 0.2) is 29.6 Å². The third kappa shape index (κ3) is 2.61. The quantitative estimate of drug-likeness (QED) is 0.863. The molecule has 1 heterocycles. The van der Waals surface area contributed by atoms with Crippen molar-refractivity contribution in [2.75, 3.05) is 11.9 Å². The van der Waals surface area contributed by atoms with Gasteiger partial charge in [0, 0.05) is 17.5 Å². The van der Waals surface area contributed by atoms with E-state index in [-0.39, 0.29) is 0 Å². The second-order valence-electron chi connectivity index (χ2n) is 3.83. The molecule has 2 nitrogen and oxygen atoms in total. The Morgan fingerprint density at radius 2 is 2.00 bits per heavy atom. The van der Waals surface area contributed by atoms with Crippen molar-refractivity contribution in [2.24, 2.45) is 0 Å². The van der Waals surface area contributed by atoms with E-state index in [1.165, 1.54) is 11.1 Å². The fourth-order valence-electron chi connectivity index (χ4n) is 1.44. The molecule has 3 heteroatoms. The van der Waals surface area contributed by atoms with Gasteiger partial charge in [-0.15, -0.1) is 11.3 Å². The van der Waals surface area contributed by atoms with Crippen molar-refractivity contribution in [1.82, 2.24) is 4.98 Å². The summed E-state index contributed by atoms with van der Waals surface area (Å²) < 4.78 is 0. The van der Waals surface area contributed by atoms with Gasteiger partial charge < -0.3 is 5.32 Å². The average Bonchev–Trinajstić information content (AvgIpc) is 2.76. The minimum atomic E-state index is 0.987. The Morgan fingerprint density at radius 3 is 2.69 bits per heavy atom. The maximum absolute atomic E-state index is 4.56. The molecule has 0 aliphatic heterocycles. The highest BCUT2D eigenvalue weighted by Crippen LogP contribution is 2.24. The van der Waals surface area contributed by atoms with Crippen LogP contribution in [-0.4, -0.2) is 11.5 Å². The van der Waals surface area contributed by atoms with Gasteiger partial charge in [-0.3, -0.25) is 0 Å². The minimum absolute atomic E-state index is 0.987. The molecule has 0 unspecified atom stereocenters.